The van der Waals surface area contributed by atoms with Gasteiger partial charge in [-0.1, -0.05) is 12.1 Å². The predicted octanol–water partition coefficient (Wildman–Crippen LogP) is 0.902. The van der Waals surface area contributed by atoms with Crippen LogP contribution in [0.5, 0.6) is 0 Å². The first-order chi connectivity index (χ1) is 9.49. The molecule has 0 spiro atoms. The number of aliphatic imine (C=N–C) groups is 1. The Labute approximate surface area is 115 Å². The van der Waals surface area contributed by atoms with Crippen LogP contribution in [0.15, 0.2) is 23.2 Å². The number of halogens is 2. The van der Waals surface area contributed by atoms with E-state index in [0.717, 1.165) is 6.07 Å². The summed E-state index contributed by atoms with van der Waals surface area (Å²) in [4.78, 5) is 16.1. The van der Waals surface area contributed by atoms with Gasteiger partial charge in [0, 0.05) is 12.7 Å². The maximum Gasteiger partial charge on any atom is 0.256 e. The van der Waals surface area contributed by atoms with Gasteiger partial charge >= 0.3 is 0 Å². The Bertz CT molecular complexity index is 563. The van der Waals surface area contributed by atoms with Gasteiger partial charge in [-0.05, 0) is 13.0 Å². The molecule has 1 aliphatic heterocycles. The van der Waals surface area contributed by atoms with Crippen LogP contribution >= 0.6 is 0 Å². The molecule has 20 heavy (non-hydrogen) atoms. The van der Waals surface area contributed by atoms with Crippen molar-refractivity contribution in [3.63, 3.8) is 0 Å². The second kappa shape index (κ2) is 5.54. The van der Waals surface area contributed by atoms with Crippen LogP contribution < -0.4 is 10.6 Å². The van der Waals surface area contributed by atoms with E-state index in [-0.39, 0.29) is 11.5 Å². The van der Waals surface area contributed by atoms with E-state index >= 15 is 0 Å². The standard InChI is InChI=1S/C13H15F2N3O2/c1-13(8-4-3-5-9(14)10(8)15)11(19)17-12(18-13)16-6-7-20-2/h3-5H,6-7H2,1-2H3,(H2,16,17,18,19). The number of hydrogen-bond donors (Lipinski definition) is 2. The highest BCUT2D eigenvalue weighted by Gasteiger charge is 2.44. The lowest BCUT2D eigenvalue weighted by atomic mass is 9.92. The van der Waals surface area contributed by atoms with Crippen molar-refractivity contribution in [2.45, 2.75) is 12.5 Å². The monoisotopic (exact) mass is 283 g/mol. The molecule has 0 aromatic heterocycles. The number of guanidine groups is 1. The van der Waals surface area contributed by atoms with Crippen LogP contribution in [-0.2, 0) is 15.1 Å². The minimum Gasteiger partial charge on any atom is -0.383 e. The summed E-state index contributed by atoms with van der Waals surface area (Å²) in [7, 11) is 1.53. The summed E-state index contributed by atoms with van der Waals surface area (Å²) in [6.07, 6.45) is 0. The Morgan fingerprint density at radius 1 is 1.40 bits per heavy atom. The van der Waals surface area contributed by atoms with Crippen molar-refractivity contribution >= 4 is 11.9 Å². The summed E-state index contributed by atoms with van der Waals surface area (Å²) in [6.45, 7) is 2.21. The van der Waals surface area contributed by atoms with Crippen LogP contribution in [-0.4, -0.2) is 32.1 Å². The van der Waals surface area contributed by atoms with E-state index in [9.17, 15) is 13.6 Å². The van der Waals surface area contributed by atoms with Gasteiger partial charge < -0.3 is 10.1 Å². The summed E-state index contributed by atoms with van der Waals surface area (Å²) >= 11 is 0. The predicted molar refractivity (Wildman–Crippen MR) is 69.2 cm³/mol. The molecule has 2 N–H and O–H groups in total. The molecule has 1 heterocycles. The molecule has 108 valence electrons. The van der Waals surface area contributed by atoms with Gasteiger partial charge in [0.1, 0.15) is 5.54 Å². The molecule has 1 saturated heterocycles. The van der Waals surface area contributed by atoms with Crippen LogP contribution in [0.2, 0.25) is 0 Å². The highest BCUT2D eigenvalue weighted by atomic mass is 19.2. The third-order valence-corrected chi connectivity index (χ3v) is 3.11. The first-order valence-electron chi connectivity index (χ1n) is 6.06. The smallest absolute Gasteiger partial charge is 0.256 e. The topological polar surface area (TPSA) is 62.7 Å². The average molecular weight is 283 g/mol. The van der Waals surface area contributed by atoms with Gasteiger partial charge in [-0.2, -0.15) is 0 Å². The molecule has 1 amide bonds. The van der Waals surface area contributed by atoms with Crippen molar-refractivity contribution in [3.8, 4) is 0 Å². The third kappa shape index (κ3) is 2.49. The molecule has 0 bridgehead atoms. The van der Waals surface area contributed by atoms with E-state index in [1.165, 1.54) is 26.2 Å². The molecule has 0 aliphatic carbocycles. The second-order valence-electron chi connectivity index (χ2n) is 4.53. The van der Waals surface area contributed by atoms with Gasteiger partial charge in [0.25, 0.3) is 5.91 Å². The van der Waals surface area contributed by atoms with E-state index in [4.69, 9.17) is 4.74 Å². The van der Waals surface area contributed by atoms with Crippen LogP contribution in [0.4, 0.5) is 8.78 Å². The number of carbonyl (C=O) groups is 1. The summed E-state index contributed by atoms with van der Waals surface area (Å²) in [6, 6.07) is 3.72. The number of amides is 1. The number of rotatable bonds is 4. The Kier molecular flexibility index (Phi) is 3.99. The number of benzene rings is 1. The number of nitrogens with one attached hydrogen (secondary N) is 2. The van der Waals surface area contributed by atoms with E-state index in [1.54, 1.807) is 0 Å². The van der Waals surface area contributed by atoms with Gasteiger partial charge in [-0.3, -0.25) is 15.1 Å². The zero-order valence-corrected chi connectivity index (χ0v) is 11.2. The van der Waals surface area contributed by atoms with Crippen LogP contribution in [0.3, 0.4) is 0 Å². The van der Waals surface area contributed by atoms with E-state index in [1.807, 2.05) is 0 Å². The third-order valence-electron chi connectivity index (χ3n) is 3.11. The zero-order valence-electron chi connectivity index (χ0n) is 11.2. The molecule has 5 nitrogen and oxygen atoms in total. The van der Waals surface area contributed by atoms with Crippen molar-refractivity contribution in [1.29, 1.82) is 0 Å². The summed E-state index contributed by atoms with van der Waals surface area (Å²) in [5, 5.41) is 5.29. The van der Waals surface area contributed by atoms with Gasteiger partial charge in [-0.25, -0.2) is 8.78 Å². The summed E-state index contributed by atoms with van der Waals surface area (Å²) < 4.78 is 32.0. The molecular formula is C13H15F2N3O2. The van der Waals surface area contributed by atoms with Crippen LogP contribution in [0, 0.1) is 11.6 Å². The lowest BCUT2D eigenvalue weighted by Crippen LogP contribution is -2.41. The summed E-state index contributed by atoms with van der Waals surface area (Å²) in [5.74, 6) is -2.31. The van der Waals surface area contributed by atoms with Crippen molar-refractivity contribution < 1.29 is 18.3 Å². The molecule has 1 aromatic rings. The molecule has 1 aromatic carbocycles. The van der Waals surface area contributed by atoms with E-state index in [0.29, 0.717) is 13.2 Å². The number of ether oxygens (including phenoxy) is 1. The average Bonchev–Trinajstić information content (AvgIpc) is 2.69. The fourth-order valence-corrected chi connectivity index (χ4v) is 1.96. The fourth-order valence-electron chi connectivity index (χ4n) is 1.96. The number of carbonyl (C=O) groups excluding carboxylic acids is 1. The molecule has 1 atom stereocenters. The van der Waals surface area contributed by atoms with Gasteiger partial charge in [0.05, 0.1) is 13.2 Å². The normalized spacial score (nSPS) is 23.8. The van der Waals surface area contributed by atoms with E-state index < -0.39 is 23.1 Å². The molecule has 7 heteroatoms. The Hall–Kier alpha value is -2.02. The highest BCUT2D eigenvalue weighted by Crippen LogP contribution is 2.27. The van der Waals surface area contributed by atoms with Gasteiger partial charge in [0.2, 0.25) is 0 Å². The molecule has 1 fully saturated rings. The van der Waals surface area contributed by atoms with Crippen molar-refractivity contribution in [2.75, 3.05) is 20.3 Å². The van der Waals surface area contributed by atoms with Crippen LogP contribution in [0.25, 0.3) is 0 Å². The highest BCUT2D eigenvalue weighted by molar-refractivity contribution is 6.09. The quantitative estimate of drug-likeness (QED) is 0.807. The largest absolute Gasteiger partial charge is 0.383 e. The minimum atomic E-state index is -1.39. The fraction of sp³-hybridized carbons (Fsp3) is 0.385. The molecule has 1 unspecified atom stereocenters. The van der Waals surface area contributed by atoms with Crippen molar-refractivity contribution in [2.24, 2.45) is 4.99 Å². The molecular weight excluding hydrogens is 268 g/mol. The van der Waals surface area contributed by atoms with Crippen LogP contribution in [0.1, 0.15) is 12.5 Å². The number of hydrogen-bond acceptors (Lipinski definition) is 3. The Balaban J connectivity index is 2.29. The summed E-state index contributed by atoms with van der Waals surface area (Å²) in [5.41, 5.74) is -1.45. The number of nitrogens with zero attached hydrogens (tertiary/aromatic N) is 1. The SMILES string of the molecule is COCCN=C1NC(=O)C(C)(c2cccc(F)c2F)N1. The minimum absolute atomic E-state index is 0.0630. The zero-order chi connectivity index (χ0) is 14.8. The lowest BCUT2D eigenvalue weighted by Gasteiger charge is -2.22. The number of methoxy groups -OCH3 is 1. The maximum absolute atomic E-state index is 13.9. The molecule has 2 rings (SSSR count). The lowest BCUT2D eigenvalue weighted by molar-refractivity contribution is -0.123. The van der Waals surface area contributed by atoms with E-state index in [2.05, 4.69) is 15.6 Å². The second-order valence-corrected chi connectivity index (χ2v) is 4.53. The maximum atomic E-state index is 13.9. The molecule has 0 radical (unpaired) electrons. The van der Waals surface area contributed by atoms with Gasteiger partial charge in [0.15, 0.2) is 17.6 Å². The van der Waals surface area contributed by atoms with Gasteiger partial charge in [-0.15, -0.1) is 0 Å². The Morgan fingerprint density at radius 3 is 2.85 bits per heavy atom. The first-order valence-corrected chi connectivity index (χ1v) is 6.06. The first kappa shape index (κ1) is 14.4. The van der Waals surface area contributed by atoms with Crippen molar-refractivity contribution in [3.05, 3.63) is 35.4 Å². The Morgan fingerprint density at radius 2 is 2.15 bits per heavy atom. The molecule has 0 saturated carbocycles. The molecule has 1 aliphatic rings. The van der Waals surface area contributed by atoms with Crippen molar-refractivity contribution in [1.82, 2.24) is 10.6 Å².